The van der Waals surface area contributed by atoms with E-state index in [9.17, 15) is 0 Å². The number of nitrogens with two attached hydrogens (primary N) is 2. The van der Waals surface area contributed by atoms with Crippen molar-refractivity contribution >= 4 is 11.4 Å². The van der Waals surface area contributed by atoms with E-state index in [0.717, 1.165) is 41.7 Å². The molecule has 0 saturated heterocycles. The number of nitrogen functional groups attached to an aromatic ring is 2. The molecule has 0 heterocycles. The maximum Gasteiger partial charge on any atom is 0.142 e. The third-order valence-corrected chi connectivity index (χ3v) is 5.09. The number of hydrogen-bond donors (Lipinski definition) is 2. The van der Waals surface area contributed by atoms with Gasteiger partial charge in [-0.15, -0.1) is 0 Å². The number of rotatable bonds is 6. The molecule has 25 heavy (non-hydrogen) atoms. The van der Waals surface area contributed by atoms with Crippen LogP contribution in [0.1, 0.15) is 31.2 Å². The topological polar surface area (TPSA) is 70.5 Å². The molecule has 4 heteroatoms. The Morgan fingerprint density at radius 3 is 2.08 bits per heavy atom. The standard InChI is InChI=1S/C21H28N2O2/c1-15-3-2-4-20(21(15)23)25-14-17-7-5-16(6-8-17)13-24-19-11-9-18(22)10-12-19/h2-4,9-12,16-17H,5-8,13-14,22-23H2,1H3. The Hall–Kier alpha value is -2.36. The normalized spacial score (nSPS) is 20.2. The van der Waals surface area contributed by atoms with Crippen molar-refractivity contribution in [1.82, 2.24) is 0 Å². The van der Waals surface area contributed by atoms with Crippen molar-refractivity contribution < 1.29 is 9.47 Å². The van der Waals surface area contributed by atoms with Gasteiger partial charge in [-0.25, -0.2) is 0 Å². The Labute approximate surface area is 150 Å². The quantitative estimate of drug-likeness (QED) is 0.764. The summed E-state index contributed by atoms with van der Waals surface area (Å²) in [5, 5.41) is 0. The van der Waals surface area contributed by atoms with E-state index in [0.29, 0.717) is 11.8 Å². The van der Waals surface area contributed by atoms with Gasteiger partial charge in [0.1, 0.15) is 11.5 Å². The fraction of sp³-hybridized carbons (Fsp3) is 0.429. The predicted octanol–water partition coefficient (Wildman–Crippen LogP) is 4.42. The second kappa shape index (κ2) is 8.15. The van der Waals surface area contributed by atoms with Crippen molar-refractivity contribution in [2.75, 3.05) is 24.7 Å². The number of ether oxygens (including phenoxy) is 2. The van der Waals surface area contributed by atoms with E-state index in [1.54, 1.807) is 0 Å². The highest BCUT2D eigenvalue weighted by molar-refractivity contribution is 5.57. The molecule has 0 bridgehead atoms. The highest BCUT2D eigenvalue weighted by Crippen LogP contribution is 2.31. The van der Waals surface area contributed by atoms with E-state index in [4.69, 9.17) is 20.9 Å². The summed E-state index contributed by atoms with van der Waals surface area (Å²) >= 11 is 0. The zero-order chi connectivity index (χ0) is 17.6. The van der Waals surface area contributed by atoms with Crippen LogP contribution in [0.25, 0.3) is 0 Å². The fourth-order valence-corrected chi connectivity index (χ4v) is 3.33. The first-order valence-corrected chi connectivity index (χ1v) is 9.08. The van der Waals surface area contributed by atoms with Gasteiger partial charge in [-0.3, -0.25) is 0 Å². The average molecular weight is 340 g/mol. The van der Waals surface area contributed by atoms with Crippen LogP contribution in [0.5, 0.6) is 11.5 Å². The van der Waals surface area contributed by atoms with Gasteiger partial charge < -0.3 is 20.9 Å². The number of benzene rings is 2. The van der Waals surface area contributed by atoms with Crippen molar-refractivity contribution in [2.24, 2.45) is 11.8 Å². The molecule has 1 saturated carbocycles. The van der Waals surface area contributed by atoms with Gasteiger partial charge in [-0.1, -0.05) is 12.1 Å². The van der Waals surface area contributed by atoms with E-state index in [1.807, 2.05) is 49.4 Å². The summed E-state index contributed by atoms with van der Waals surface area (Å²) in [4.78, 5) is 0. The maximum atomic E-state index is 6.08. The van der Waals surface area contributed by atoms with Crippen LogP contribution in [-0.4, -0.2) is 13.2 Å². The lowest BCUT2D eigenvalue weighted by Crippen LogP contribution is -2.23. The molecule has 1 fully saturated rings. The third-order valence-electron chi connectivity index (χ3n) is 5.09. The van der Waals surface area contributed by atoms with Crippen molar-refractivity contribution in [3.8, 4) is 11.5 Å². The molecule has 0 aromatic heterocycles. The van der Waals surface area contributed by atoms with Gasteiger partial charge in [-0.05, 0) is 80.3 Å². The van der Waals surface area contributed by atoms with E-state index < -0.39 is 0 Å². The van der Waals surface area contributed by atoms with Crippen molar-refractivity contribution in [3.63, 3.8) is 0 Å². The molecule has 2 aromatic rings. The van der Waals surface area contributed by atoms with Crippen LogP contribution in [0.2, 0.25) is 0 Å². The smallest absolute Gasteiger partial charge is 0.142 e. The van der Waals surface area contributed by atoms with Crippen molar-refractivity contribution in [2.45, 2.75) is 32.6 Å². The Balaban J connectivity index is 1.39. The molecule has 0 radical (unpaired) electrons. The highest BCUT2D eigenvalue weighted by atomic mass is 16.5. The van der Waals surface area contributed by atoms with E-state index in [2.05, 4.69) is 0 Å². The van der Waals surface area contributed by atoms with Crippen LogP contribution in [-0.2, 0) is 0 Å². The molecule has 0 atom stereocenters. The maximum absolute atomic E-state index is 6.08. The molecular weight excluding hydrogens is 312 g/mol. The van der Waals surface area contributed by atoms with Gasteiger partial charge in [0.15, 0.2) is 0 Å². The van der Waals surface area contributed by atoms with Gasteiger partial charge in [-0.2, -0.15) is 0 Å². The van der Waals surface area contributed by atoms with Crippen LogP contribution < -0.4 is 20.9 Å². The highest BCUT2D eigenvalue weighted by Gasteiger charge is 2.22. The second-order valence-electron chi connectivity index (χ2n) is 7.06. The fourth-order valence-electron chi connectivity index (χ4n) is 3.33. The van der Waals surface area contributed by atoms with Crippen LogP contribution in [0.3, 0.4) is 0 Å². The van der Waals surface area contributed by atoms with E-state index >= 15 is 0 Å². The Morgan fingerprint density at radius 1 is 0.840 bits per heavy atom. The van der Waals surface area contributed by atoms with Gasteiger partial charge >= 0.3 is 0 Å². The van der Waals surface area contributed by atoms with Gasteiger partial charge in [0, 0.05) is 5.69 Å². The summed E-state index contributed by atoms with van der Waals surface area (Å²) in [6.45, 7) is 3.54. The van der Waals surface area contributed by atoms with Gasteiger partial charge in [0.2, 0.25) is 0 Å². The Morgan fingerprint density at radius 2 is 1.44 bits per heavy atom. The van der Waals surface area contributed by atoms with Crippen molar-refractivity contribution in [1.29, 1.82) is 0 Å². The monoisotopic (exact) mass is 340 g/mol. The summed E-state index contributed by atoms with van der Waals surface area (Å²) < 4.78 is 11.9. The van der Waals surface area contributed by atoms with Crippen LogP contribution in [0.4, 0.5) is 11.4 Å². The number of para-hydroxylation sites is 1. The van der Waals surface area contributed by atoms with Crippen molar-refractivity contribution in [3.05, 3.63) is 48.0 Å². The molecule has 3 rings (SSSR count). The summed E-state index contributed by atoms with van der Waals surface area (Å²) in [5.74, 6) is 2.94. The van der Waals surface area contributed by atoms with Gasteiger partial charge in [0.25, 0.3) is 0 Å². The summed E-state index contributed by atoms with van der Waals surface area (Å²) in [7, 11) is 0. The Kier molecular flexibility index (Phi) is 5.69. The van der Waals surface area contributed by atoms with Crippen LogP contribution >= 0.6 is 0 Å². The molecule has 4 N–H and O–H groups in total. The number of anilines is 2. The van der Waals surface area contributed by atoms with Gasteiger partial charge in [0.05, 0.1) is 18.9 Å². The molecule has 134 valence electrons. The molecule has 1 aliphatic carbocycles. The lowest BCUT2D eigenvalue weighted by atomic mass is 9.83. The average Bonchev–Trinajstić information content (AvgIpc) is 2.63. The largest absolute Gasteiger partial charge is 0.493 e. The summed E-state index contributed by atoms with van der Waals surface area (Å²) in [5.41, 5.74) is 14.4. The molecule has 0 unspecified atom stereocenters. The zero-order valence-electron chi connectivity index (χ0n) is 14.9. The lowest BCUT2D eigenvalue weighted by molar-refractivity contribution is 0.148. The second-order valence-corrected chi connectivity index (χ2v) is 7.06. The molecule has 0 aliphatic heterocycles. The molecule has 1 aliphatic rings. The first-order chi connectivity index (χ1) is 12.1. The predicted molar refractivity (Wildman–Crippen MR) is 103 cm³/mol. The van der Waals surface area contributed by atoms with E-state index in [1.165, 1.54) is 25.7 Å². The third kappa shape index (κ3) is 4.81. The van der Waals surface area contributed by atoms with Crippen LogP contribution in [0.15, 0.2) is 42.5 Å². The number of hydrogen-bond acceptors (Lipinski definition) is 4. The zero-order valence-corrected chi connectivity index (χ0v) is 14.9. The van der Waals surface area contributed by atoms with Crippen LogP contribution in [0, 0.1) is 18.8 Å². The number of aryl methyl sites for hydroxylation is 1. The Bertz CT molecular complexity index is 677. The lowest BCUT2D eigenvalue weighted by Gasteiger charge is -2.28. The SMILES string of the molecule is Cc1cccc(OCC2CCC(COc3ccc(N)cc3)CC2)c1N. The minimum absolute atomic E-state index is 0.604. The molecule has 0 amide bonds. The first-order valence-electron chi connectivity index (χ1n) is 9.08. The summed E-state index contributed by atoms with van der Waals surface area (Å²) in [6, 6.07) is 13.6. The summed E-state index contributed by atoms with van der Waals surface area (Å²) in [6.07, 6.45) is 4.74. The molecular formula is C21H28N2O2. The molecule has 4 nitrogen and oxygen atoms in total. The first kappa shape index (κ1) is 17.5. The molecule has 0 spiro atoms. The molecule has 2 aromatic carbocycles. The van der Waals surface area contributed by atoms with E-state index in [-0.39, 0.29) is 0 Å². The minimum atomic E-state index is 0.604. The minimum Gasteiger partial charge on any atom is -0.493 e.